The number of carbonyl (C=O) groups is 1. The van der Waals surface area contributed by atoms with Gasteiger partial charge >= 0.3 is 5.97 Å². The Kier molecular flexibility index (Phi) is 4.29. The molecule has 1 unspecified atom stereocenters. The number of allylic oxidation sites excluding steroid dienone is 1. The van der Waals surface area contributed by atoms with Gasteiger partial charge in [0, 0.05) is 31.3 Å². The van der Waals surface area contributed by atoms with E-state index in [9.17, 15) is 4.79 Å². The average Bonchev–Trinajstić information content (AvgIpc) is 3.12. The van der Waals surface area contributed by atoms with Crippen molar-refractivity contribution in [3.63, 3.8) is 0 Å². The molecule has 1 atom stereocenters. The largest absolute Gasteiger partial charge is 0.468 e. The Hall–Kier alpha value is -2.41. The highest BCUT2D eigenvalue weighted by Crippen LogP contribution is 2.24. The number of ether oxygens (including phenoxy) is 1. The van der Waals surface area contributed by atoms with Gasteiger partial charge in [-0.15, -0.1) is 6.58 Å². The van der Waals surface area contributed by atoms with Gasteiger partial charge in [-0.3, -0.25) is 14.4 Å². The van der Waals surface area contributed by atoms with E-state index in [0.717, 1.165) is 22.6 Å². The maximum Gasteiger partial charge on any atom is 0.323 e. The van der Waals surface area contributed by atoms with Gasteiger partial charge in [0.25, 0.3) is 0 Å². The van der Waals surface area contributed by atoms with Gasteiger partial charge in [-0.25, -0.2) is 4.98 Å². The molecule has 0 amide bonds. The first-order chi connectivity index (χ1) is 11.1. The van der Waals surface area contributed by atoms with Gasteiger partial charge < -0.3 is 9.72 Å². The van der Waals surface area contributed by atoms with Crippen molar-refractivity contribution in [1.82, 2.24) is 24.6 Å². The number of fused-ring (bicyclic) bond motifs is 1. The summed E-state index contributed by atoms with van der Waals surface area (Å²) in [6, 6.07) is -0.321. The van der Waals surface area contributed by atoms with Crippen molar-refractivity contribution in [2.45, 2.75) is 39.0 Å². The summed E-state index contributed by atoms with van der Waals surface area (Å²) >= 11 is 0. The fourth-order valence-electron chi connectivity index (χ4n) is 2.98. The van der Waals surface area contributed by atoms with Gasteiger partial charge in [0.05, 0.1) is 37.1 Å². The van der Waals surface area contributed by atoms with Gasteiger partial charge in [0.1, 0.15) is 6.04 Å². The van der Waals surface area contributed by atoms with Gasteiger partial charge in [-0.2, -0.15) is 5.10 Å². The molecule has 0 spiro atoms. The minimum atomic E-state index is -0.321. The molecular weight excluding hydrogens is 294 g/mol. The van der Waals surface area contributed by atoms with Crippen LogP contribution in [0, 0.1) is 6.92 Å². The number of carbonyl (C=O) groups excluding carboxylic acids is 1. The Morgan fingerprint density at radius 2 is 2.43 bits per heavy atom. The molecule has 1 aliphatic rings. The topological polar surface area (TPSA) is 76.0 Å². The molecule has 0 fully saturated rings. The third kappa shape index (κ3) is 3.05. The van der Waals surface area contributed by atoms with E-state index in [4.69, 9.17) is 4.74 Å². The molecule has 0 aliphatic carbocycles. The summed E-state index contributed by atoms with van der Waals surface area (Å²) in [4.78, 5) is 21.7. The highest BCUT2D eigenvalue weighted by molar-refractivity contribution is 5.76. The quantitative estimate of drug-likeness (QED) is 0.663. The van der Waals surface area contributed by atoms with Crippen molar-refractivity contribution in [3.8, 4) is 0 Å². The lowest BCUT2D eigenvalue weighted by Crippen LogP contribution is -2.45. The predicted molar refractivity (Wildman–Crippen MR) is 84.5 cm³/mol. The summed E-state index contributed by atoms with van der Waals surface area (Å²) < 4.78 is 6.83. The Balaban J connectivity index is 1.84. The van der Waals surface area contributed by atoms with Crippen molar-refractivity contribution in [2.24, 2.45) is 0 Å². The standard InChI is InChI=1S/C16H21N5O2/c1-4-5-21-8-12(11(2)19-21)7-20-9-14-13(17-10-18-14)6-15(20)16(22)23-3/h4,8,10,15H,1,5-7,9H2,2-3H3,(H,17,18). The summed E-state index contributed by atoms with van der Waals surface area (Å²) in [5.74, 6) is -0.227. The van der Waals surface area contributed by atoms with Crippen LogP contribution in [0.4, 0.5) is 0 Å². The molecule has 2 aromatic rings. The molecule has 1 aliphatic heterocycles. The number of aryl methyl sites for hydroxylation is 1. The lowest BCUT2D eigenvalue weighted by atomic mass is 10.0. The molecule has 0 saturated heterocycles. The number of rotatable bonds is 5. The molecule has 0 saturated carbocycles. The summed E-state index contributed by atoms with van der Waals surface area (Å²) in [5.41, 5.74) is 4.06. The Morgan fingerprint density at radius 1 is 1.61 bits per heavy atom. The Bertz CT molecular complexity index is 718. The molecule has 23 heavy (non-hydrogen) atoms. The molecule has 122 valence electrons. The van der Waals surface area contributed by atoms with Crippen molar-refractivity contribution in [3.05, 3.63) is 47.8 Å². The van der Waals surface area contributed by atoms with E-state index in [2.05, 4.69) is 26.5 Å². The number of methoxy groups -OCH3 is 1. The summed E-state index contributed by atoms with van der Waals surface area (Å²) in [6.07, 6.45) is 6.06. The van der Waals surface area contributed by atoms with Crippen LogP contribution in [0.3, 0.4) is 0 Å². The number of hydrogen-bond acceptors (Lipinski definition) is 5. The number of nitrogens with one attached hydrogen (secondary N) is 1. The van der Waals surface area contributed by atoms with Crippen LogP contribution in [0.2, 0.25) is 0 Å². The number of esters is 1. The lowest BCUT2D eigenvalue weighted by molar-refractivity contribution is -0.148. The predicted octanol–water partition coefficient (Wildman–Crippen LogP) is 1.20. The zero-order valence-electron chi connectivity index (χ0n) is 13.5. The molecule has 0 aromatic carbocycles. The first-order valence-electron chi connectivity index (χ1n) is 7.59. The SMILES string of the molecule is C=CCn1cc(CN2Cc3[nH]cnc3CC2C(=O)OC)c(C)n1. The molecule has 0 radical (unpaired) electrons. The van der Waals surface area contributed by atoms with Crippen molar-refractivity contribution < 1.29 is 9.53 Å². The molecule has 0 bridgehead atoms. The van der Waals surface area contributed by atoms with Crippen LogP contribution < -0.4 is 0 Å². The molecule has 1 N–H and O–H groups in total. The highest BCUT2D eigenvalue weighted by Gasteiger charge is 2.34. The maximum absolute atomic E-state index is 12.2. The van der Waals surface area contributed by atoms with Gasteiger partial charge in [-0.1, -0.05) is 6.08 Å². The summed E-state index contributed by atoms with van der Waals surface area (Å²) in [5, 5.41) is 4.47. The summed E-state index contributed by atoms with van der Waals surface area (Å²) in [6.45, 7) is 7.67. The van der Waals surface area contributed by atoms with E-state index < -0.39 is 0 Å². The average molecular weight is 315 g/mol. The number of aromatic amines is 1. The third-order valence-electron chi connectivity index (χ3n) is 4.21. The molecule has 3 rings (SSSR count). The van der Waals surface area contributed by atoms with Crippen LogP contribution in [0.1, 0.15) is 22.6 Å². The van der Waals surface area contributed by atoms with E-state index in [1.165, 1.54) is 7.11 Å². The van der Waals surface area contributed by atoms with Crippen LogP contribution in [-0.4, -0.2) is 43.8 Å². The normalized spacial score (nSPS) is 17.7. The third-order valence-corrected chi connectivity index (χ3v) is 4.21. The smallest absolute Gasteiger partial charge is 0.323 e. The second-order valence-electron chi connectivity index (χ2n) is 5.73. The number of hydrogen-bond donors (Lipinski definition) is 1. The van der Waals surface area contributed by atoms with Crippen molar-refractivity contribution in [1.29, 1.82) is 0 Å². The van der Waals surface area contributed by atoms with E-state index in [0.29, 0.717) is 26.1 Å². The number of aromatic nitrogens is 4. The van der Waals surface area contributed by atoms with E-state index >= 15 is 0 Å². The van der Waals surface area contributed by atoms with Gasteiger partial charge in [-0.05, 0) is 6.92 Å². The maximum atomic E-state index is 12.2. The van der Waals surface area contributed by atoms with Gasteiger partial charge in [0.2, 0.25) is 0 Å². The molecular formula is C16H21N5O2. The van der Waals surface area contributed by atoms with E-state index in [1.807, 2.05) is 23.9 Å². The Morgan fingerprint density at radius 3 is 3.17 bits per heavy atom. The van der Waals surface area contributed by atoms with Crippen molar-refractivity contribution >= 4 is 5.97 Å². The second-order valence-corrected chi connectivity index (χ2v) is 5.73. The number of nitrogens with zero attached hydrogens (tertiary/aromatic N) is 4. The number of H-pyrrole nitrogens is 1. The first kappa shape index (κ1) is 15.5. The van der Waals surface area contributed by atoms with Crippen LogP contribution in [0.5, 0.6) is 0 Å². The van der Waals surface area contributed by atoms with E-state index in [-0.39, 0.29) is 12.0 Å². The molecule has 3 heterocycles. The Labute approximate surface area is 135 Å². The lowest BCUT2D eigenvalue weighted by Gasteiger charge is -2.32. The summed E-state index contributed by atoms with van der Waals surface area (Å²) in [7, 11) is 1.42. The number of imidazole rings is 1. The van der Waals surface area contributed by atoms with Gasteiger partial charge in [0.15, 0.2) is 0 Å². The van der Waals surface area contributed by atoms with Crippen LogP contribution >= 0.6 is 0 Å². The molecule has 7 nitrogen and oxygen atoms in total. The minimum absolute atomic E-state index is 0.227. The minimum Gasteiger partial charge on any atom is -0.468 e. The monoisotopic (exact) mass is 315 g/mol. The van der Waals surface area contributed by atoms with Crippen molar-refractivity contribution in [2.75, 3.05) is 7.11 Å². The molecule has 7 heteroatoms. The second kappa shape index (κ2) is 6.37. The van der Waals surface area contributed by atoms with Crippen LogP contribution in [0.25, 0.3) is 0 Å². The first-order valence-corrected chi connectivity index (χ1v) is 7.59. The molecule has 2 aromatic heterocycles. The van der Waals surface area contributed by atoms with E-state index in [1.54, 1.807) is 6.33 Å². The van der Waals surface area contributed by atoms with Crippen LogP contribution in [0.15, 0.2) is 25.2 Å². The zero-order valence-corrected chi connectivity index (χ0v) is 13.5. The highest BCUT2D eigenvalue weighted by atomic mass is 16.5. The fourth-order valence-corrected chi connectivity index (χ4v) is 2.98. The fraction of sp³-hybridized carbons (Fsp3) is 0.438. The van der Waals surface area contributed by atoms with Crippen LogP contribution in [-0.2, 0) is 35.6 Å². The zero-order chi connectivity index (χ0) is 16.4.